The fourth-order valence-electron chi connectivity index (χ4n) is 3.46. The van der Waals surface area contributed by atoms with Crippen molar-refractivity contribution in [2.24, 2.45) is 4.99 Å². The van der Waals surface area contributed by atoms with Gasteiger partial charge in [-0.3, -0.25) is 9.79 Å². The van der Waals surface area contributed by atoms with Crippen LogP contribution in [0, 0.1) is 26.7 Å². The number of likely N-dealkylation sites (N-methyl/N-ethyl adjacent to an activating group) is 1. The number of ketones is 1. The van der Waals surface area contributed by atoms with E-state index in [2.05, 4.69) is 61.4 Å². The van der Waals surface area contributed by atoms with Gasteiger partial charge in [-0.05, 0) is 90.3 Å². The van der Waals surface area contributed by atoms with Gasteiger partial charge in [-0.15, -0.1) is 12.8 Å². The number of hydrogen-bond donors (Lipinski definition) is 1. The SMILES string of the molecule is C#C.C=C/C=C(\C=C(/C)CC)C(/C=NC(=C)C(F)(F)F)=C/C.C=O.CNC1(C(C)=O)CC1.Cc1ccc2oc(C)cc2c1. The number of aliphatic imine (C=N–C) groups is 1. The van der Waals surface area contributed by atoms with E-state index < -0.39 is 11.9 Å². The minimum absolute atomic E-state index is 0.0972. The highest BCUT2D eigenvalue weighted by Gasteiger charge is 2.45. The molecule has 0 bridgehead atoms. The molecule has 1 aliphatic carbocycles. The van der Waals surface area contributed by atoms with E-state index in [1.165, 1.54) is 17.2 Å². The van der Waals surface area contributed by atoms with E-state index in [-0.39, 0.29) is 11.3 Å². The highest BCUT2D eigenvalue weighted by Crippen LogP contribution is 2.35. The lowest BCUT2D eigenvalue weighted by molar-refractivity contribution is -0.119. The fourth-order valence-corrected chi connectivity index (χ4v) is 3.46. The van der Waals surface area contributed by atoms with Gasteiger partial charge in [0.15, 0.2) is 0 Å². The first-order valence-electron chi connectivity index (χ1n) is 13.5. The first kappa shape index (κ1) is 40.9. The van der Waals surface area contributed by atoms with Crippen molar-refractivity contribution in [2.45, 2.75) is 72.5 Å². The Morgan fingerprint density at radius 1 is 1.14 bits per heavy atom. The Kier molecular flexibility index (Phi) is 19.6. The molecular weight excluding hydrogens is 553 g/mol. The van der Waals surface area contributed by atoms with Crippen molar-refractivity contribution < 1.29 is 27.2 Å². The summed E-state index contributed by atoms with van der Waals surface area (Å²) in [5.74, 6) is 1.26. The Balaban J connectivity index is 0. The summed E-state index contributed by atoms with van der Waals surface area (Å²) in [6.45, 7) is 19.9. The second kappa shape index (κ2) is 20.6. The highest BCUT2D eigenvalue weighted by molar-refractivity contribution is 5.89. The Morgan fingerprint density at radius 2 is 1.72 bits per heavy atom. The molecule has 8 heteroatoms. The molecule has 2 aromatic rings. The molecule has 0 amide bonds. The van der Waals surface area contributed by atoms with Crippen LogP contribution in [0.3, 0.4) is 0 Å². The summed E-state index contributed by atoms with van der Waals surface area (Å²) in [7, 11) is 1.84. The average Bonchev–Trinajstić information content (AvgIpc) is 3.71. The second-order valence-electron chi connectivity index (χ2n) is 9.44. The van der Waals surface area contributed by atoms with Gasteiger partial charge in [0, 0.05) is 11.6 Å². The van der Waals surface area contributed by atoms with Crippen LogP contribution in [-0.4, -0.2) is 37.5 Å². The maximum absolute atomic E-state index is 12.3. The average molecular weight is 599 g/mol. The molecule has 1 aromatic carbocycles. The third-order valence-electron chi connectivity index (χ3n) is 6.29. The van der Waals surface area contributed by atoms with E-state index in [0.29, 0.717) is 5.57 Å². The number of halogens is 3. The maximum atomic E-state index is 12.3. The number of alkyl halides is 3. The summed E-state index contributed by atoms with van der Waals surface area (Å²) in [6.07, 6.45) is 14.5. The monoisotopic (exact) mass is 598 g/mol. The van der Waals surface area contributed by atoms with Crippen LogP contribution in [-0.2, 0) is 9.59 Å². The molecule has 0 radical (unpaired) electrons. The fraction of sp³-hybridized carbons (Fsp3) is 0.343. The summed E-state index contributed by atoms with van der Waals surface area (Å²) in [5, 5.41) is 4.20. The highest BCUT2D eigenvalue weighted by atomic mass is 19.4. The number of allylic oxidation sites excluding steroid dienone is 8. The summed E-state index contributed by atoms with van der Waals surface area (Å²) in [6, 6.07) is 8.26. The minimum Gasteiger partial charge on any atom is -0.461 e. The van der Waals surface area contributed by atoms with Crippen LogP contribution in [0.15, 0.2) is 93.6 Å². The number of aryl methyl sites for hydroxylation is 2. The molecule has 1 saturated carbocycles. The number of fused-ring (bicyclic) bond motifs is 1. The second-order valence-corrected chi connectivity index (χ2v) is 9.44. The molecule has 1 aliphatic rings. The normalized spacial score (nSPS) is 14.0. The van der Waals surface area contributed by atoms with Gasteiger partial charge in [0.2, 0.25) is 0 Å². The third kappa shape index (κ3) is 15.0. The number of furan rings is 1. The van der Waals surface area contributed by atoms with Crippen molar-refractivity contribution in [1.82, 2.24) is 5.32 Å². The zero-order valence-electron chi connectivity index (χ0n) is 26.4. The lowest BCUT2D eigenvalue weighted by Gasteiger charge is -2.07. The first-order chi connectivity index (χ1) is 20.2. The predicted molar refractivity (Wildman–Crippen MR) is 174 cm³/mol. The van der Waals surface area contributed by atoms with E-state index in [1.807, 2.05) is 46.8 Å². The molecular formula is C35H45F3N2O3. The summed E-state index contributed by atoms with van der Waals surface area (Å²) >= 11 is 0. The molecule has 1 heterocycles. The Labute approximate surface area is 255 Å². The Bertz CT molecular complexity index is 1340. The predicted octanol–water partition coefficient (Wildman–Crippen LogP) is 8.99. The van der Waals surface area contributed by atoms with Gasteiger partial charge in [0.25, 0.3) is 0 Å². The largest absolute Gasteiger partial charge is 0.461 e. The number of hydrogen-bond acceptors (Lipinski definition) is 5. The quantitative estimate of drug-likeness (QED) is 0.187. The van der Waals surface area contributed by atoms with Crippen molar-refractivity contribution in [1.29, 1.82) is 0 Å². The number of nitrogens with one attached hydrogen (secondary N) is 1. The Hall–Kier alpha value is -4.22. The van der Waals surface area contributed by atoms with E-state index in [4.69, 9.17) is 9.21 Å². The molecule has 0 unspecified atom stereocenters. The van der Waals surface area contributed by atoms with Gasteiger partial charge in [-0.2, -0.15) is 13.2 Å². The lowest BCUT2D eigenvalue weighted by atomic mass is 10.0. The van der Waals surface area contributed by atoms with Crippen LogP contribution in [0.4, 0.5) is 13.2 Å². The van der Waals surface area contributed by atoms with Gasteiger partial charge >= 0.3 is 6.18 Å². The molecule has 0 spiro atoms. The van der Waals surface area contributed by atoms with Crippen LogP contribution in [0.25, 0.3) is 11.0 Å². The maximum Gasteiger partial charge on any atom is 0.432 e. The molecule has 1 fully saturated rings. The molecule has 234 valence electrons. The Morgan fingerprint density at radius 3 is 2.12 bits per heavy atom. The standard InChI is InChI=1S/C16H20F3N.C10H10O.C6H11NO.C2H2.CH2O/c1-6-9-15(10-12(4)7-2)14(8-3)11-20-13(5)16(17,18)19;1-7-3-4-10-9(5-7)6-8(2)11-10;1-5(8)6(7-2)3-4-6;2*1-2/h6,8-11H,1,5,7H2,2-4H3;3-6H,1-2H3;7H,3-4H2,1-2H3;1-2H;1H2/b12-10+,14-8+,15-9+,20-11?;;;;. The van der Waals surface area contributed by atoms with Crippen LogP contribution in [0.5, 0.6) is 0 Å². The van der Waals surface area contributed by atoms with Gasteiger partial charge in [0.1, 0.15) is 29.6 Å². The van der Waals surface area contributed by atoms with Crippen LogP contribution in [0.1, 0.15) is 58.3 Å². The van der Waals surface area contributed by atoms with E-state index in [1.54, 1.807) is 32.1 Å². The molecule has 1 aromatic heterocycles. The van der Waals surface area contributed by atoms with E-state index in [0.717, 1.165) is 41.8 Å². The number of rotatable bonds is 8. The van der Waals surface area contributed by atoms with Crippen LogP contribution >= 0.6 is 0 Å². The van der Waals surface area contributed by atoms with E-state index >= 15 is 0 Å². The molecule has 0 atom stereocenters. The van der Waals surface area contributed by atoms with Crippen molar-refractivity contribution >= 4 is 29.8 Å². The molecule has 1 N–H and O–H groups in total. The van der Waals surface area contributed by atoms with Gasteiger partial charge in [-0.1, -0.05) is 61.6 Å². The van der Waals surface area contributed by atoms with Crippen molar-refractivity contribution in [3.05, 3.63) is 95.5 Å². The molecule has 5 nitrogen and oxygen atoms in total. The smallest absolute Gasteiger partial charge is 0.432 e. The number of carbonyl (C=O) groups is 2. The topological polar surface area (TPSA) is 71.7 Å². The number of Topliss-reactive ketones (excluding diaryl/α,β-unsaturated/α-hetero) is 1. The molecule has 3 rings (SSSR count). The molecule has 0 aliphatic heterocycles. The van der Waals surface area contributed by atoms with E-state index in [9.17, 15) is 18.0 Å². The summed E-state index contributed by atoms with van der Waals surface area (Å²) in [5.41, 5.74) is 3.50. The van der Waals surface area contributed by atoms with Crippen molar-refractivity contribution in [2.75, 3.05) is 7.05 Å². The number of carbonyl (C=O) groups excluding carboxylic acids is 2. The number of nitrogens with zero attached hydrogens (tertiary/aromatic N) is 1. The number of benzene rings is 1. The first-order valence-corrected chi connectivity index (χ1v) is 13.5. The van der Waals surface area contributed by atoms with Gasteiger partial charge < -0.3 is 14.5 Å². The zero-order chi connectivity index (χ0) is 33.8. The van der Waals surface area contributed by atoms with Crippen molar-refractivity contribution in [3.63, 3.8) is 0 Å². The van der Waals surface area contributed by atoms with Crippen LogP contribution < -0.4 is 5.32 Å². The lowest BCUT2D eigenvalue weighted by Crippen LogP contribution is -2.34. The van der Waals surface area contributed by atoms with Gasteiger partial charge in [0.05, 0.1) is 5.54 Å². The van der Waals surface area contributed by atoms with Crippen molar-refractivity contribution in [3.8, 4) is 12.8 Å². The molecule has 0 saturated heterocycles. The zero-order valence-corrected chi connectivity index (χ0v) is 26.4. The van der Waals surface area contributed by atoms with Gasteiger partial charge in [-0.25, -0.2) is 0 Å². The summed E-state index contributed by atoms with van der Waals surface area (Å²) in [4.78, 5) is 22.1. The molecule has 43 heavy (non-hydrogen) atoms. The minimum atomic E-state index is -4.51. The van der Waals surface area contributed by atoms with Crippen LogP contribution in [0.2, 0.25) is 0 Å². The third-order valence-corrected chi connectivity index (χ3v) is 6.29. The summed E-state index contributed by atoms with van der Waals surface area (Å²) < 4.78 is 42.4. The number of terminal acetylenes is 1.